The van der Waals surface area contributed by atoms with Crippen LogP contribution in [0.5, 0.6) is 0 Å². The van der Waals surface area contributed by atoms with Crippen LogP contribution in [0.3, 0.4) is 0 Å². The molecule has 0 aliphatic carbocycles. The van der Waals surface area contributed by atoms with E-state index in [1.807, 2.05) is 25.7 Å². The molecule has 0 unspecified atom stereocenters. The summed E-state index contributed by atoms with van der Waals surface area (Å²) in [5.74, 6) is 0.958. The minimum absolute atomic E-state index is 0.773. The van der Waals surface area contributed by atoms with Crippen LogP contribution in [0.1, 0.15) is 11.3 Å². The predicted molar refractivity (Wildman–Crippen MR) is 55.6 cm³/mol. The average Bonchev–Trinajstić information content (AvgIpc) is 2.77. The second kappa shape index (κ2) is 3.82. The van der Waals surface area contributed by atoms with Crippen molar-refractivity contribution in [3.8, 4) is 5.82 Å². The minimum atomic E-state index is 0.773. The Morgan fingerprint density at radius 3 is 2.87 bits per heavy atom. The summed E-state index contributed by atoms with van der Waals surface area (Å²) in [5.41, 5.74) is 2.16. The quantitative estimate of drug-likeness (QED) is 0.769. The lowest BCUT2D eigenvalue weighted by molar-refractivity contribution is 0.687. The van der Waals surface area contributed by atoms with Gasteiger partial charge in [0.2, 0.25) is 0 Å². The molecule has 0 aliphatic heterocycles. The van der Waals surface area contributed by atoms with E-state index in [0.717, 1.165) is 23.6 Å². The molecule has 2 rings (SSSR count). The summed E-state index contributed by atoms with van der Waals surface area (Å²) < 4.78 is 3.54. The van der Waals surface area contributed by atoms with Gasteiger partial charge < -0.3 is 5.32 Å². The molecule has 0 aromatic carbocycles. The fourth-order valence-electron chi connectivity index (χ4n) is 1.68. The van der Waals surface area contributed by atoms with Gasteiger partial charge in [-0.1, -0.05) is 0 Å². The Hall–Kier alpha value is -1.69. The van der Waals surface area contributed by atoms with E-state index >= 15 is 0 Å². The summed E-state index contributed by atoms with van der Waals surface area (Å²) in [6, 6.07) is 0. The van der Waals surface area contributed by atoms with Crippen LogP contribution >= 0.6 is 0 Å². The van der Waals surface area contributed by atoms with Crippen molar-refractivity contribution in [2.24, 2.45) is 7.05 Å². The van der Waals surface area contributed by atoms with Crippen molar-refractivity contribution in [3.63, 3.8) is 0 Å². The third kappa shape index (κ3) is 1.63. The van der Waals surface area contributed by atoms with Crippen molar-refractivity contribution < 1.29 is 0 Å². The monoisotopic (exact) mass is 206 g/mol. The SMILES string of the molecule is CNCc1c(C)nn(C)c1-n1cncn1. The van der Waals surface area contributed by atoms with E-state index in [9.17, 15) is 0 Å². The molecule has 80 valence electrons. The molecule has 2 heterocycles. The van der Waals surface area contributed by atoms with Crippen LogP contribution in [0.15, 0.2) is 12.7 Å². The minimum Gasteiger partial charge on any atom is -0.315 e. The van der Waals surface area contributed by atoms with Crippen LogP contribution < -0.4 is 5.32 Å². The third-order valence-electron chi connectivity index (χ3n) is 2.30. The zero-order chi connectivity index (χ0) is 10.8. The molecule has 2 aromatic rings. The van der Waals surface area contributed by atoms with Crippen molar-refractivity contribution in [1.82, 2.24) is 29.9 Å². The largest absolute Gasteiger partial charge is 0.315 e. The van der Waals surface area contributed by atoms with E-state index in [-0.39, 0.29) is 0 Å². The van der Waals surface area contributed by atoms with Crippen LogP contribution in [-0.2, 0) is 13.6 Å². The van der Waals surface area contributed by atoms with E-state index in [2.05, 4.69) is 20.5 Å². The van der Waals surface area contributed by atoms with Crippen LogP contribution in [-0.4, -0.2) is 31.6 Å². The standard InChI is InChI=1S/C9H14N6/c1-7-8(4-10-2)9(14(3)13-7)15-6-11-5-12-15/h5-6,10H,4H2,1-3H3. The van der Waals surface area contributed by atoms with E-state index in [1.54, 1.807) is 11.0 Å². The van der Waals surface area contributed by atoms with Gasteiger partial charge in [-0.05, 0) is 14.0 Å². The second-order valence-electron chi connectivity index (χ2n) is 3.38. The number of hydrogen-bond acceptors (Lipinski definition) is 4. The van der Waals surface area contributed by atoms with Gasteiger partial charge in [0.1, 0.15) is 12.7 Å². The van der Waals surface area contributed by atoms with Crippen molar-refractivity contribution in [2.45, 2.75) is 13.5 Å². The highest BCUT2D eigenvalue weighted by Crippen LogP contribution is 2.15. The number of nitrogens with zero attached hydrogens (tertiary/aromatic N) is 5. The first kappa shape index (κ1) is 9.85. The molecular weight excluding hydrogens is 192 g/mol. The summed E-state index contributed by atoms with van der Waals surface area (Å²) in [6.07, 6.45) is 3.20. The van der Waals surface area contributed by atoms with Crippen molar-refractivity contribution in [2.75, 3.05) is 7.05 Å². The van der Waals surface area contributed by atoms with Crippen LogP contribution in [0.2, 0.25) is 0 Å². The van der Waals surface area contributed by atoms with Gasteiger partial charge in [0.15, 0.2) is 5.82 Å². The zero-order valence-electron chi connectivity index (χ0n) is 9.10. The zero-order valence-corrected chi connectivity index (χ0v) is 9.10. The number of aromatic nitrogens is 5. The molecule has 2 aromatic heterocycles. The first-order valence-electron chi connectivity index (χ1n) is 4.76. The Morgan fingerprint density at radius 2 is 2.27 bits per heavy atom. The molecule has 0 saturated heterocycles. The second-order valence-corrected chi connectivity index (χ2v) is 3.38. The van der Waals surface area contributed by atoms with Gasteiger partial charge in [-0.3, -0.25) is 4.68 Å². The van der Waals surface area contributed by atoms with Crippen molar-refractivity contribution in [3.05, 3.63) is 23.9 Å². The lowest BCUT2D eigenvalue weighted by Gasteiger charge is -2.04. The Balaban J connectivity index is 2.54. The lowest BCUT2D eigenvalue weighted by atomic mass is 10.2. The van der Waals surface area contributed by atoms with Crippen molar-refractivity contribution >= 4 is 0 Å². The molecule has 0 saturated carbocycles. The topological polar surface area (TPSA) is 60.6 Å². The maximum absolute atomic E-state index is 4.37. The van der Waals surface area contributed by atoms with E-state index in [1.165, 1.54) is 6.33 Å². The Labute approximate surface area is 87.9 Å². The number of rotatable bonds is 3. The third-order valence-corrected chi connectivity index (χ3v) is 2.30. The van der Waals surface area contributed by atoms with Gasteiger partial charge in [-0.2, -0.15) is 10.2 Å². The molecule has 0 aliphatic rings. The summed E-state index contributed by atoms with van der Waals surface area (Å²) in [5, 5.41) is 11.6. The molecule has 0 radical (unpaired) electrons. The van der Waals surface area contributed by atoms with Crippen LogP contribution in [0, 0.1) is 6.92 Å². The van der Waals surface area contributed by atoms with Gasteiger partial charge in [-0.15, -0.1) is 0 Å². The highest BCUT2D eigenvalue weighted by atomic mass is 15.4. The smallest absolute Gasteiger partial charge is 0.158 e. The van der Waals surface area contributed by atoms with Crippen LogP contribution in [0.25, 0.3) is 5.82 Å². The van der Waals surface area contributed by atoms with E-state index in [4.69, 9.17) is 0 Å². The summed E-state index contributed by atoms with van der Waals surface area (Å²) >= 11 is 0. The molecule has 0 amide bonds. The number of hydrogen-bond donors (Lipinski definition) is 1. The molecule has 6 heteroatoms. The molecular formula is C9H14N6. The Kier molecular flexibility index (Phi) is 2.51. The molecule has 0 bridgehead atoms. The lowest BCUT2D eigenvalue weighted by Crippen LogP contribution is -2.11. The fraction of sp³-hybridized carbons (Fsp3) is 0.444. The van der Waals surface area contributed by atoms with Crippen molar-refractivity contribution in [1.29, 1.82) is 0 Å². The molecule has 0 atom stereocenters. The highest BCUT2D eigenvalue weighted by Gasteiger charge is 2.14. The Bertz CT molecular complexity index is 441. The first-order valence-corrected chi connectivity index (χ1v) is 4.76. The molecule has 0 spiro atoms. The molecule has 0 fully saturated rings. The van der Waals surface area contributed by atoms with E-state index < -0.39 is 0 Å². The fourth-order valence-corrected chi connectivity index (χ4v) is 1.68. The van der Waals surface area contributed by atoms with Gasteiger partial charge in [0, 0.05) is 19.2 Å². The summed E-state index contributed by atoms with van der Waals surface area (Å²) in [4.78, 5) is 3.94. The molecule has 15 heavy (non-hydrogen) atoms. The summed E-state index contributed by atoms with van der Waals surface area (Å²) in [6.45, 7) is 2.77. The normalized spacial score (nSPS) is 10.9. The van der Waals surface area contributed by atoms with E-state index in [0.29, 0.717) is 0 Å². The predicted octanol–water partition coefficient (Wildman–Crippen LogP) is 0.0286. The number of aryl methyl sites for hydroxylation is 2. The first-order chi connectivity index (χ1) is 7.24. The van der Waals surface area contributed by atoms with Gasteiger partial charge >= 0.3 is 0 Å². The number of nitrogens with one attached hydrogen (secondary N) is 1. The van der Waals surface area contributed by atoms with Gasteiger partial charge in [0.25, 0.3) is 0 Å². The van der Waals surface area contributed by atoms with Gasteiger partial charge in [0.05, 0.1) is 5.69 Å². The van der Waals surface area contributed by atoms with Crippen LogP contribution in [0.4, 0.5) is 0 Å². The maximum Gasteiger partial charge on any atom is 0.158 e. The maximum atomic E-state index is 4.37. The molecule has 6 nitrogen and oxygen atoms in total. The average molecular weight is 206 g/mol. The van der Waals surface area contributed by atoms with Gasteiger partial charge in [-0.25, -0.2) is 9.67 Å². The Morgan fingerprint density at radius 1 is 1.47 bits per heavy atom. The highest BCUT2D eigenvalue weighted by molar-refractivity contribution is 5.36. The molecule has 1 N–H and O–H groups in total. The summed E-state index contributed by atoms with van der Waals surface area (Å²) in [7, 11) is 3.82.